The van der Waals surface area contributed by atoms with Crippen LogP contribution in [0.4, 0.5) is 0 Å². The molecular formula is C15H23NO2. The lowest BCUT2D eigenvalue weighted by Crippen LogP contribution is -2.44. The first-order valence-corrected chi connectivity index (χ1v) is 6.80. The number of aliphatic hydroxyl groups excluding tert-OH is 1. The highest BCUT2D eigenvalue weighted by atomic mass is 16.5. The largest absolute Gasteiger partial charge is 0.387 e. The summed E-state index contributed by atoms with van der Waals surface area (Å²) in [6, 6.07) is 10.2. The summed E-state index contributed by atoms with van der Waals surface area (Å²) in [6.07, 6.45) is 4.61. The molecule has 0 aromatic heterocycles. The van der Waals surface area contributed by atoms with E-state index in [1.165, 1.54) is 12.8 Å². The first-order valence-electron chi connectivity index (χ1n) is 6.80. The predicted octanol–water partition coefficient (Wildman–Crippen LogP) is 2.27. The van der Waals surface area contributed by atoms with Crippen LogP contribution in [0, 0.1) is 0 Å². The number of hydrogen-bond acceptors (Lipinski definition) is 3. The lowest BCUT2D eigenvalue weighted by molar-refractivity contribution is 0.0365. The van der Waals surface area contributed by atoms with Gasteiger partial charge in [-0.2, -0.15) is 0 Å². The summed E-state index contributed by atoms with van der Waals surface area (Å²) in [4.78, 5) is 0. The van der Waals surface area contributed by atoms with Gasteiger partial charge in [-0.1, -0.05) is 43.2 Å². The molecule has 2 rings (SSSR count). The fraction of sp³-hybridized carbons (Fsp3) is 0.600. The second-order valence-electron chi connectivity index (χ2n) is 5.00. The molecule has 1 aromatic carbocycles. The Hall–Kier alpha value is -0.900. The van der Waals surface area contributed by atoms with Crippen molar-refractivity contribution in [3.05, 3.63) is 35.9 Å². The maximum Gasteiger partial charge on any atom is 0.0914 e. The van der Waals surface area contributed by atoms with Gasteiger partial charge in [-0.3, -0.25) is 0 Å². The van der Waals surface area contributed by atoms with Crippen LogP contribution in [-0.4, -0.2) is 30.9 Å². The van der Waals surface area contributed by atoms with E-state index in [0.29, 0.717) is 18.7 Å². The third kappa shape index (κ3) is 3.55. The quantitative estimate of drug-likeness (QED) is 0.841. The zero-order valence-corrected chi connectivity index (χ0v) is 11.0. The normalized spacial score (nSPS) is 25.9. The SMILES string of the molecule is COC1CCCCC1NCC(O)c1ccccc1. The summed E-state index contributed by atoms with van der Waals surface area (Å²) in [6.45, 7) is 0.592. The molecular weight excluding hydrogens is 226 g/mol. The fourth-order valence-corrected chi connectivity index (χ4v) is 2.67. The molecule has 0 bridgehead atoms. The second-order valence-corrected chi connectivity index (χ2v) is 5.00. The van der Waals surface area contributed by atoms with Gasteiger partial charge in [0, 0.05) is 19.7 Å². The molecule has 1 aliphatic carbocycles. The molecule has 0 spiro atoms. The molecule has 1 aliphatic rings. The van der Waals surface area contributed by atoms with Crippen molar-refractivity contribution in [2.45, 2.75) is 43.9 Å². The summed E-state index contributed by atoms with van der Waals surface area (Å²) < 4.78 is 5.50. The van der Waals surface area contributed by atoms with E-state index < -0.39 is 6.10 Å². The van der Waals surface area contributed by atoms with Gasteiger partial charge in [-0.15, -0.1) is 0 Å². The number of benzene rings is 1. The van der Waals surface area contributed by atoms with Crippen molar-refractivity contribution in [2.75, 3.05) is 13.7 Å². The van der Waals surface area contributed by atoms with Gasteiger partial charge in [-0.05, 0) is 18.4 Å². The first kappa shape index (κ1) is 13.5. The summed E-state index contributed by atoms with van der Waals surface area (Å²) in [7, 11) is 1.78. The van der Waals surface area contributed by atoms with Crippen LogP contribution < -0.4 is 5.32 Å². The van der Waals surface area contributed by atoms with Gasteiger partial charge in [-0.25, -0.2) is 0 Å². The van der Waals surface area contributed by atoms with Gasteiger partial charge in [0.1, 0.15) is 0 Å². The average Bonchev–Trinajstić information content (AvgIpc) is 2.46. The highest BCUT2D eigenvalue weighted by Crippen LogP contribution is 2.21. The van der Waals surface area contributed by atoms with E-state index in [1.807, 2.05) is 30.3 Å². The number of rotatable bonds is 5. The molecule has 1 fully saturated rings. The maximum atomic E-state index is 10.1. The standard InChI is InChI=1S/C15H23NO2/c1-18-15-10-6-5-9-13(15)16-11-14(17)12-7-3-2-4-8-12/h2-4,7-8,13-17H,5-6,9-11H2,1H3. The van der Waals surface area contributed by atoms with E-state index in [4.69, 9.17) is 4.74 Å². The Kier molecular flexibility index (Phi) is 5.17. The van der Waals surface area contributed by atoms with Crippen molar-refractivity contribution < 1.29 is 9.84 Å². The number of nitrogens with one attached hydrogen (secondary N) is 1. The molecule has 3 atom stereocenters. The molecule has 1 aromatic rings. The molecule has 0 heterocycles. The van der Waals surface area contributed by atoms with Crippen molar-refractivity contribution >= 4 is 0 Å². The van der Waals surface area contributed by atoms with E-state index in [2.05, 4.69) is 5.32 Å². The Balaban J connectivity index is 1.83. The Labute approximate surface area is 109 Å². The zero-order valence-electron chi connectivity index (χ0n) is 11.0. The van der Waals surface area contributed by atoms with Gasteiger partial charge in [0.05, 0.1) is 12.2 Å². The number of ether oxygens (including phenoxy) is 1. The molecule has 100 valence electrons. The summed E-state index contributed by atoms with van der Waals surface area (Å²) in [5.41, 5.74) is 0.967. The van der Waals surface area contributed by atoms with Gasteiger partial charge >= 0.3 is 0 Å². The third-order valence-corrected chi connectivity index (χ3v) is 3.76. The zero-order chi connectivity index (χ0) is 12.8. The van der Waals surface area contributed by atoms with Crippen molar-refractivity contribution in [3.8, 4) is 0 Å². The molecule has 0 aliphatic heterocycles. The first-order chi connectivity index (χ1) is 8.81. The number of methoxy groups -OCH3 is 1. The van der Waals surface area contributed by atoms with Crippen molar-refractivity contribution in [1.29, 1.82) is 0 Å². The topological polar surface area (TPSA) is 41.5 Å². The van der Waals surface area contributed by atoms with Crippen LogP contribution >= 0.6 is 0 Å². The van der Waals surface area contributed by atoms with Crippen LogP contribution in [0.2, 0.25) is 0 Å². The van der Waals surface area contributed by atoms with E-state index in [1.54, 1.807) is 7.11 Å². The summed E-state index contributed by atoms with van der Waals surface area (Å²) in [5, 5.41) is 13.6. The van der Waals surface area contributed by atoms with Crippen molar-refractivity contribution in [3.63, 3.8) is 0 Å². The minimum Gasteiger partial charge on any atom is -0.387 e. The number of hydrogen-bond donors (Lipinski definition) is 2. The molecule has 0 radical (unpaired) electrons. The van der Waals surface area contributed by atoms with Crippen molar-refractivity contribution in [1.82, 2.24) is 5.32 Å². The van der Waals surface area contributed by atoms with Gasteiger partial charge in [0.2, 0.25) is 0 Å². The molecule has 0 saturated heterocycles. The molecule has 3 nitrogen and oxygen atoms in total. The maximum absolute atomic E-state index is 10.1. The Morgan fingerprint density at radius 3 is 2.72 bits per heavy atom. The monoisotopic (exact) mass is 249 g/mol. The van der Waals surface area contributed by atoms with E-state index in [-0.39, 0.29) is 0 Å². The highest BCUT2D eigenvalue weighted by molar-refractivity contribution is 5.17. The molecule has 3 unspecified atom stereocenters. The minimum atomic E-state index is -0.439. The van der Waals surface area contributed by atoms with Crippen LogP contribution in [0.15, 0.2) is 30.3 Å². The second kappa shape index (κ2) is 6.88. The van der Waals surface area contributed by atoms with Crippen LogP contribution in [0.25, 0.3) is 0 Å². The average molecular weight is 249 g/mol. The van der Waals surface area contributed by atoms with Crippen LogP contribution in [-0.2, 0) is 4.74 Å². The summed E-state index contributed by atoms with van der Waals surface area (Å²) >= 11 is 0. The summed E-state index contributed by atoms with van der Waals surface area (Å²) in [5.74, 6) is 0. The Morgan fingerprint density at radius 1 is 1.28 bits per heavy atom. The lowest BCUT2D eigenvalue weighted by atomic mass is 9.92. The predicted molar refractivity (Wildman–Crippen MR) is 72.5 cm³/mol. The van der Waals surface area contributed by atoms with E-state index >= 15 is 0 Å². The Morgan fingerprint density at radius 2 is 2.00 bits per heavy atom. The molecule has 3 heteroatoms. The Bertz CT molecular complexity index is 342. The number of aliphatic hydroxyl groups is 1. The fourth-order valence-electron chi connectivity index (χ4n) is 2.67. The molecule has 18 heavy (non-hydrogen) atoms. The molecule has 0 amide bonds. The third-order valence-electron chi connectivity index (χ3n) is 3.76. The lowest BCUT2D eigenvalue weighted by Gasteiger charge is -2.31. The highest BCUT2D eigenvalue weighted by Gasteiger charge is 2.24. The van der Waals surface area contributed by atoms with Crippen LogP contribution in [0.1, 0.15) is 37.4 Å². The van der Waals surface area contributed by atoms with E-state index in [0.717, 1.165) is 18.4 Å². The molecule has 1 saturated carbocycles. The smallest absolute Gasteiger partial charge is 0.0914 e. The van der Waals surface area contributed by atoms with Crippen LogP contribution in [0.3, 0.4) is 0 Å². The molecule has 2 N–H and O–H groups in total. The van der Waals surface area contributed by atoms with Crippen molar-refractivity contribution in [2.24, 2.45) is 0 Å². The van der Waals surface area contributed by atoms with E-state index in [9.17, 15) is 5.11 Å². The van der Waals surface area contributed by atoms with Crippen LogP contribution in [0.5, 0.6) is 0 Å². The van der Waals surface area contributed by atoms with Gasteiger partial charge in [0.15, 0.2) is 0 Å². The van der Waals surface area contributed by atoms with Gasteiger partial charge in [0.25, 0.3) is 0 Å². The minimum absolute atomic E-state index is 0.293. The van der Waals surface area contributed by atoms with Gasteiger partial charge < -0.3 is 15.2 Å².